The van der Waals surface area contributed by atoms with E-state index < -0.39 is 75.5 Å². The molecule has 51 heavy (non-hydrogen) atoms. The van der Waals surface area contributed by atoms with Crippen molar-refractivity contribution in [3.63, 3.8) is 0 Å². The molecule has 4 aliphatic rings. The Morgan fingerprint density at radius 2 is 1.73 bits per heavy atom. The number of non-ortho nitro benzene ring substituents is 1. The van der Waals surface area contributed by atoms with Gasteiger partial charge in [-0.1, -0.05) is 30.3 Å². The lowest BCUT2D eigenvalue weighted by Crippen LogP contribution is -2.72. The Bertz CT molecular complexity index is 1830. The maximum absolute atomic E-state index is 13.7. The largest absolute Gasteiger partial charge is 0.480 e. The maximum Gasteiger partial charge on any atom is 0.342 e. The van der Waals surface area contributed by atoms with E-state index in [1.807, 2.05) is 0 Å². The lowest BCUT2D eigenvalue weighted by molar-refractivity contribution is -0.384. The van der Waals surface area contributed by atoms with Crippen molar-refractivity contribution in [1.82, 2.24) is 35.2 Å². The molecular weight excluding hydrogens is 690 g/mol. The van der Waals surface area contributed by atoms with Crippen molar-refractivity contribution < 1.29 is 43.6 Å². The molecule has 2 aromatic rings. The molecule has 8 amide bonds. The van der Waals surface area contributed by atoms with Crippen LogP contribution >= 0.6 is 11.8 Å². The van der Waals surface area contributed by atoms with E-state index in [-0.39, 0.29) is 38.4 Å². The second kappa shape index (κ2) is 14.1. The van der Waals surface area contributed by atoms with Gasteiger partial charge in [-0.25, -0.2) is 14.6 Å². The number of amides is 8. The fourth-order valence-electron chi connectivity index (χ4n) is 6.18. The van der Waals surface area contributed by atoms with Gasteiger partial charge >= 0.3 is 29.8 Å². The van der Waals surface area contributed by atoms with Crippen LogP contribution in [0, 0.1) is 10.1 Å². The monoisotopic (exact) mass is 721 g/mol. The number of nitrogens with zero attached hydrogens (tertiary/aromatic N) is 7. The first-order valence-corrected chi connectivity index (χ1v) is 16.7. The topological polar surface area (TPSA) is 235 Å². The molecule has 2 aromatic carbocycles. The molecular formula is C31H31N9O10S. The number of β-lactam (4-membered cyclic amide) rings is 1. The zero-order valence-corrected chi connectivity index (χ0v) is 27.7. The number of hydrogen-bond acceptors (Lipinski definition) is 11. The summed E-state index contributed by atoms with van der Waals surface area (Å²) < 4.78 is 0. The van der Waals surface area contributed by atoms with Crippen molar-refractivity contribution in [1.29, 1.82) is 0 Å². The Kier molecular flexibility index (Phi) is 9.59. The van der Waals surface area contributed by atoms with E-state index >= 15 is 0 Å². The van der Waals surface area contributed by atoms with Crippen molar-refractivity contribution in [2.75, 3.05) is 32.7 Å². The highest BCUT2D eigenvalue weighted by Crippen LogP contribution is 2.46. The SMILES string of the molecule is CCN1CCN(C(=O)NC(C(=O)N[C@@H]2C(=O)N3C(N4CCN(N=Cc5ccc([N+](=O)[O-])cc5)C4=O)[C@H](C(=O)O)S[C@H]23)c2ccccc2)C(=O)C1=O. The van der Waals surface area contributed by atoms with E-state index in [2.05, 4.69) is 15.7 Å². The minimum Gasteiger partial charge on any atom is -0.480 e. The van der Waals surface area contributed by atoms with Crippen LogP contribution in [-0.4, -0.2) is 138 Å². The molecule has 0 spiro atoms. The smallest absolute Gasteiger partial charge is 0.342 e. The number of nitro groups is 1. The molecule has 19 nitrogen and oxygen atoms in total. The summed E-state index contributed by atoms with van der Waals surface area (Å²) >= 11 is 0.884. The molecule has 0 saturated carbocycles. The fraction of sp³-hybridized carbons (Fsp3) is 0.355. The summed E-state index contributed by atoms with van der Waals surface area (Å²) in [6.07, 6.45) is 0.132. The molecule has 6 rings (SSSR count). The van der Waals surface area contributed by atoms with E-state index in [1.54, 1.807) is 37.3 Å². The van der Waals surface area contributed by atoms with Gasteiger partial charge in [0.2, 0.25) is 5.91 Å². The third kappa shape index (κ3) is 6.52. The molecule has 4 fully saturated rings. The summed E-state index contributed by atoms with van der Waals surface area (Å²) in [6.45, 7) is 2.12. The lowest BCUT2D eigenvalue weighted by atomic mass is 10.0. The van der Waals surface area contributed by atoms with Gasteiger partial charge < -0.3 is 25.5 Å². The number of thioether (sulfide) groups is 1. The van der Waals surface area contributed by atoms with Crippen LogP contribution in [0.5, 0.6) is 0 Å². The van der Waals surface area contributed by atoms with Crippen LogP contribution in [0.2, 0.25) is 0 Å². The summed E-state index contributed by atoms with van der Waals surface area (Å²) in [5, 5.41) is 29.2. The van der Waals surface area contributed by atoms with E-state index in [0.717, 1.165) is 21.7 Å². The van der Waals surface area contributed by atoms with Gasteiger partial charge in [-0.3, -0.25) is 43.9 Å². The summed E-state index contributed by atoms with van der Waals surface area (Å²) in [5.41, 5.74) is 0.676. The van der Waals surface area contributed by atoms with E-state index in [1.165, 1.54) is 45.2 Å². The normalized spacial score (nSPS) is 23.7. The summed E-state index contributed by atoms with van der Waals surface area (Å²) in [6, 6.07) is 9.25. The molecule has 3 N–H and O–H groups in total. The fourth-order valence-corrected chi connectivity index (χ4v) is 7.71. The molecule has 4 aliphatic heterocycles. The van der Waals surface area contributed by atoms with Gasteiger partial charge in [0.05, 0.1) is 17.7 Å². The number of piperazine rings is 1. The molecule has 20 heteroatoms. The number of hydrogen-bond donors (Lipinski definition) is 3. The maximum atomic E-state index is 13.7. The molecule has 0 bridgehead atoms. The highest BCUT2D eigenvalue weighted by atomic mass is 32.2. The third-order valence-electron chi connectivity index (χ3n) is 8.85. The number of carbonyl (C=O) groups is 7. The van der Waals surface area contributed by atoms with Gasteiger partial charge in [-0.05, 0) is 30.2 Å². The summed E-state index contributed by atoms with van der Waals surface area (Å²) in [7, 11) is 0. The van der Waals surface area contributed by atoms with Gasteiger partial charge in [-0.15, -0.1) is 11.8 Å². The zero-order valence-electron chi connectivity index (χ0n) is 26.9. The Morgan fingerprint density at radius 3 is 2.37 bits per heavy atom. The first-order chi connectivity index (χ1) is 24.4. The minimum atomic E-state index is -1.40. The Morgan fingerprint density at radius 1 is 1.02 bits per heavy atom. The van der Waals surface area contributed by atoms with Gasteiger partial charge in [0.15, 0.2) is 0 Å². The summed E-state index contributed by atoms with van der Waals surface area (Å²) in [4.78, 5) is 106. The number of imide groups is 1. The molecule has 5 atom stereocenters. The van der Waals surface area contributed by atoms with Crippen LogP contribution in [0.4, 0.5) is 15.3 Å². The number of carboxylic acids is 1. The van der Waals surface area contributed by atoms with Gasteiger partial charge in [-0.2, -0.15) is 5.10 Å². The lowest BCUT2D eigenvalue weighted by Gasteiger charge is -2.46. The Labute approximate surface area is 293 Å². The van der Waals surface area contributed by atoms with Gasteiger partial charge in [0, 0.05) is 38.3 Å². The average molecular weight is 722 g/mol. The number of carboxylic acid groups (broad SMARTS) is 1. The van der Waals surface area contributed by atoms with Crippen LogP contribution in [0.3, 0.4) is 0 Å². The zero-order chi connectivity index (χ0) is 36.6. The highest BCUT2D eigenvalue weighted by Gasteiger charge is 2.64. The van der Waals surface area contributed by atoms with Crippen LogP contribution in [0.15, 0.2) is 59.7 Å². The predicted molar refractivity (Wildman–Crippen MR) is 177 cm³/mol. The van der Waals surface area contributed by atoms with Crippen LogP contribution in [0.25, 0.3) is 0 Å². The van der Waals surface area contributed by atoms with E-state index in [0.29, 0.717) is 11.1 Å². The van der Waals surface area contributed by atoms with Gasteiger partial charge in [0.1, 0.15) is 28.9 Å². The van der Waals surface area contributed by atoms with E-state index in [4.69, 9.17) is 0 Å². The van der Waals surface area contributed by atoms with Crippen molar-refractivity contribution in [2.45, 2.75) is 35.8 Å². The number of nitro benzene ring substituents is 1. The van der Waals surface area contributed by atoms with Crippen molar-refractivity contribution in [2.24, 2.45) is 5.10 Å². The highest BCUT2D eigenvalue weighted by molar-refractivity contribution is 8.01. The second-order valence-corrected chi connectivity index (χ2v) is 13.0. The standard InChI is InChI=1S/C31H31N9O10S/c1-2-35-12-13-37(27(44)26(35)43)30(47)34-20(18-6-4-3-5-7-18)23(41)33-21-25(42)39-24(22(29(45)46)51-28(21)39)36-14-15-38(31(36)48)32-16-17-8-10-19(11-9-17)40(49)50/h3-11,16,20-22,24,28H,2,12-15H2,1H3,(H,33,41)(H,34,47)(H,45,46)/t20?,21-,22-,24?,28-/m1/s1. The molecule has 0 aromatic heterocycles. The predicted octanol–water partition coefficient (Wildman–Crippen LogP) is -0.0129. The van der Waals surface area contributed by atoms with Crippen LogP contribution < -0.4 is 10.6 Å². The number of fused-ring (bicyclic) bond motifs is 1. The number of nitrogens with one attached hydrogen (secondary N) is 2. The number of benzene rings is 2. The average Bonchev–Trinajstić information content (AvgIpc) is 3.67. The van der Waals surface area contributed by atoms with Crippen molar-refractivity contribution in [3.05, 3.63) is 75.8 Å². The number of hydrazone groups is 1. The molecule has 4 heterocycles. The molecule has 2 unspecified atom stereocenters. The van der Waals surface area contributed by atoms with Crippen molar-refractivity contribution >= 4 is 65.3 Å². The Balaban J connectivity index is 1.15. The number of likely N-dealkylation sites (N-methyl/N-ethyl adjacent to an activating group) is 1. The van der Waals surface area contributed by atoms with Gasteiger partial charge in [0.25, 0.3) is 11.6 Å². The molecule has 4 saturated heterocycles. The first-order valence-electron chi connectivity index (χ1n) is 15.7. The number of aliphatic carboxylic acids is 1. The van der Waals surface area contributed by atoms with E-state index in [9.17, 15) is 48.8 Å². The Hall–Kier alpha value is -6.05. The van der Waals surface area contributed by atoms with Crippen molar-refractivity contribution in [3.8, 4) is 0 Å². The first kappa shape index (κ1) is 34.8. The second-order valence-electron chi connectivity index (χ2n) is 11.8. The number of carbonyl (C=O) groups excluding carboxylic acids is 6. The number of rotatable bonds is 10. The molecule has 266 valence electrons. The molecule has 0 aliphatic carbocycles. The quantitative estimate of drug-likeness (QED) is 0.0970. The van der Waals surface area contributed by atoms with Crippen LogP contribution in [-0.2, 0) is 24.0 Å². The molecule has 0 radical (unpaired) electrons. The summed E-state index contributed by atoms with van der Waals surface area (Å²) in [5.74, 6) is -4.65. The number of urea groups is 2. The van der Waals surface area contributed by atoms with Crippen LogP contribution in [0.1, 0.15) is 24.1 Å². The minimum absolute atomic E-state index is 0.0365. The third-order valence-corrected chi connectivity index (χ3v) is 10.4.